The zero-order chi connectivity index (χ0) is 14.0. The Morgan fingerprint density at radius 2 is 1.53 bits per heavy atom. The van der Waals surface area contributed by atoms with Gasteiger partial charge < -0.3 is 4.18 Å². The van der Waals surface area contributed by atoms with Gasteiger partial charge in [-0.15, -0.1) is 0 Å². The Labute approximate surface area is 111 Å². The van der Waals surface area contributed by atoms with Crippen LogP contribution in [0.3, 0.4) is 0 Å². The molecule has 19 heavy (non-hydrogen) atoms. The molecule has 0 spiro atoms. The van der Waals surface area contributed by atoms with Crippen molar-refractivity contribution in [1.29, 1.82) is 0 Å². The molecule has 2 aromatic rings. The van der Waals surface area contributed by atoms with Crippen molar-refractivity contribution in [2.24, 2.45) is 0 Å². The predicted molar refractivity (Wildman–Crippen MR) is 70.1 cm³/mol. The second-order valence-electron chi connectivity index (χ2n) is 4.19. The minimum Gasteiger partial charge on any atom is -0.378 e. The number of hydrogen-bond donors (Lipinski definition) is 0. The molecule has 0 atom stereocenters. The quantitative estimate of drug-likeness (QED) is 0.811. The Morgan fingerprint density at radius 3 is 2.11 bits per heavy atom. The summed E-state index contributed by atoms with van der Waals surface area (Å²) in [6, 6.07) is 10.4. The van der Waals surface area contributed by atoms with Crippen LogP contribution in [0.25, 0.3) is 0 Å². The largest absolute Gasteiger partial charge is 0.378 e. The molecule has 0 aliphatic carbocycles. The smallest absolute Gasteiger partial charge is 0.342 e. The van der Waals surface area contributed by atoms with Gasteiger partial charge in [-0.25, -0.2) is 4.39 Å². The third kappa shape index (κ3) is 2.76. The van der Waals surface area contributed by atoms with Gasteiger partial charge in [-0.1, -0.05) is 30.3 Å². The average Bonchev–Trinajstić information content (AvgIpc) is 2.34. The lowest BCUT2D eigenvalue weighted by Crippen LogP contribution is -2.13. The summed E-state index contributed by atoms with van der Waals surface area (Å²) in [7, 11) is -4.16. The van der Waals surface area contributed by atoms with Crippen LogP contribution < -0.4 is 4.18 Å². The van der Waals surface area contributed by atoms with Crippen LogP contribution in [0, 0.1) is 19.7 Å². The first kappa shape index (κ1) is 13.5. The van der Waals surface area contributed by atoms with Crippen molar-refractivity contribution in [3.63, 3.8) is 0 Å². The number of para-hydroxylation sites is 1. The summed E-state index contributed by atoms with van der Waals surface area (Å²) in [5, 5.41) is 0. The topological polar surface area (TPSA) is 43.4 Å². The first-order valence-corrected chi connectivity index (χ1v) is 7.08. The standard InChI is InChI=1S/C14H13FO3S/c1-10-6-5-7-11(2)14(10)18-19(16,17)13-9-4-3-8-12(13)15/h3-9H,1-2H3. The SMILES string of the molecule is Cc1cccc(C)c1OS(=O)(=O)c1ccccc1F. The summed E-state index contributed by atoms with van der Waals surface area (Å²) in [6.45, 7) is 3.47. The number of aryl methyl sites for hydroxylation is 2. The number of rotatable bonds is 3. The molecule has 100 valence electrons. The van der Waals surface area contributed by atoms with Crippen LogP contribution in [-0.2, 0) is 10.1 Å². The molecule has 0 radical (unpaired) electrons. The highest BCUT2D eigenvalue weighted by Gasteiger charge is 2.22. The van der Waals surface area contributed by atoms with Crippen molar-refractivity contribution < 1.29 is 17.0 Å². The first-order valence-electron chi connectivity index (χ1n) is 5.67. The highest BCUT2D eigenvalue weighted by molar-refractivity contribution is 7.87. The fourth-order valence-electron chi connectivity index (χ4n) is 1.73. The van der Waals surface area contributed by atoms with Crippen LogP contribution in [-0.4, -0.2) is 8.42 Å². The minimum atomic E-state index is -4.16. The molecule has 0 fully saturated rings. The van der Waals surface area contributed by atoms with Crippen molar-refractivity contribution in [3.8, 4) is 5.75 Å². The maximum atomic E-state index is 13.5. The van der Waals surface area contributed by atoms with Gasteiger partial charge in [0.2, 0.25) is 0 Å². The summed E-state index contributed by atoms with van der Waals surface area (Å²) in [5.41, 5.74) is 1.36. The van der Waals surface area contributed by atoms with E-state index in [1.54, 1.807) is 32.0 Å². The monoisotopic (exact) mass is 280 g/mol. The Hall–Kier alpha value is -1.88. The Kier molecular flexibility index (Phi) is 3.57. The average molecular weight is 280 g/mol. The van der Waals surface area contributed by atoms with Crippen LogP contribution in [0.2, 0.25) is 0 Å². The molecule has 0 aliphatic heterocycles. The van der Waals surface area contributed by atoms with E-state index in [4.69, 9.17) is 4.18 Å². The van der Waals surface area contributed by atoms with Gasteiger partial charge in [-0.2, -0.15) is 8.42 Å². The molecule has 0 amide bonds. The van der Waals surface area contributed by atoms with E-state index in [-0.39, 0.29) is 5.75 Å². The normalized spacial score (nSPS) is 11.3. The van der Waals surface area contributed by atoms with E-state index in [1.165, 1.54) is 18.2 Å². The van der Waals surface area contributed by atoms with E-state index < -0.39 is 20.8 Å². The molecule has 0 saturated heterocycles. The molecule has 2 rings (SSSR count). The van der Waals surface area contributed by atoms with Gasteiger partial charge in [-0.3, -0.25) is 0 Å². The molecule has 0 N–H and O–H groups in total. The van der Waals surface area contributed by atoms with E-state index in [0.717, 1.165) is 6.07 Å². The molecule has 0 aromatic heterocycles. The number of benzene rings is 2. The van der Waals surface area contributed by atoms with Gasteiger partial charge in [0.25, 0.3) is 0 Å². The molecule has 2 aromatic carbocycles. The molecular formula is C14H13FO3S. The molecule has 0 unspecified atom stereocenters. The highest BCUT2D eigenvalue weighted by atomic mass is 32.2. The third-order valence-electron chi connectivity index (χ3n) is 2.71. The van der Waals surface area contributed by atoms with Crippen molar-refractivity contribution in [1.82, 2.24) is 0 Å². The van der Waals surface area contributed by atoms with Crippen LogP contribution in [0.15, 0.2) is 47.4 Å². The van der Waals surface area contributed by atoms with Crippen LogP contribution in [0.1, 0.15) is 11.1 Å². The molecule has 5 heteroatoms. The predicted octanol–water partition coefficient (Wildman–Crippen LogP) is 3.21. The van der Waals surface area contributed by atoms with Crippen LogP contribution in [0.4, 0.5) is 4.39 Å². The summed E-state index contributed by atoms with van der Waals surface area (Å²) >= 11 is 0. The lowest BCUT2D eigenvalue weighted by molar-refractivity contribution is 0.473. The summed E-state index contributed by atoms with van der Waals surface area (Å²) in [6.07, 6.45) is 0. The zero-order valence-corrected chi connectivity index (χ0v) is 11.4. The Morgan fingerprint density at radius 1 is 0.947 bits per heavy atom. The van der Waals surface area contributed by atoms with Crippen molar-refractivity contribution in [2.45, 2.75) is 18.7 Å². The van der Waals surface area contributed by atoms with Crippen molar-refractivity contribution >= 4 is 10.1 Å². The lowest BCUT2D eigenvalue weighted by Gasteiger charge is -2.12. The molecule has 0 bridgehead atoms. The van der Waals surface area contributed by atoms with E-state index >= 15 is 0 Å². The van der Waals surface area contributed by atoms with Gasteiger partial charge in [0.1, 0.15) is 16.5 Å². The number of halogens is 1. The van der Waals surface area contributed by atoms with Crippen molar-refractivity contribution in [2.75, 3.05) is 0 Å². The zero-order valence-electron chi connectivity index (χ0n) is 10.6. The second kappa shape index (κ2) is 5.01. The molecule has 0 saturated carbocycles. The highest BCUT2D eigenvalue weighted by Crippen LogP contribution is 2.27. The van der Waals surface area contributed by atoms with E-state index in [0.29, 0.717) is 11.1 Å². The molecule has 0 aliphatic rings. The maximum absolute atomic E-state index is 13.5. The lowest BCUT2D eigenvalue weighted by atomic mass is 10.1. The Balaban J connectivity index is 2.46. The minimum absolute atomic E-state index is 0.241. The summed E-state index contributed by atoms with van der Waals surface area (Å²) < 4.78 is 42.7. The van der Waals surface area contributed by atoms with Gasteiger partial charge in [0.15, 0.2) is 0 Å². The molecule has 3 nitrogen and oxygen atoms in total. The van der Waals surface area contributed by atoms with Crippen LogP contribution in [0.5, 0.6) is 5.75 Å². The van der Waals surface area contributed by atoms with Gasteiger partial charge in [-0.05, 0) is 37.1 Å². The van der Waals surface area contributed by atoms with E-state index in [9.17, 15) is 12.8 Å². The van der Waals surface area contributed by atoms with E-state index in [2.05, 4.69) is 0 Å². The van der Waals surface area contributed by atoms with E-state index in [1.807, 2.05) is 0 Å². The molecule has 0 heterocycles. The summed E-state index contributed by atoms with van der Waals surface area (Å²) in [4.78, 5) is -0.461. The Bertz CT molecular complexity index is 688. The summed E-state index contributed by atoms with van der Waals surface area (Å²) in [5.74, 6) is -0.584. The van der Waals surface area contributed by atoms with Gasteiger partial charge in [0.05, 0.1) is 0 Å². The fraction of sp³-hybridized carbons (Fsp3) is 0.143. The third-order valence-corrected chi connectivity index (χ3v) is 3.96. The number of hydrogen-bond acceptors (Lipinski definition) is 3. The fourth-order valence-corrected chi connectivity index (χ4v) is 2.86. The first-order chi connectivity index (χ1) is 8.92. The maximum Gasteiger partial charge on any atom is 0.342 e. The van der Waals surface area contributed by atoms with Gasteiger partial charge in [0, 0.05) is 0 Å². The molecular weight excluding hydrogens is 267 g/mol. The van der Waals surface area contributed by atoms with Crippen molar-refractivity contribution in [3.05, 3.63) is 59.4 Å². The van der Waals surface area contributed by atoms with Gasteiger partial charge >= 0.3 is 10.1 Å². The second-order valence-corrected chi connectivity index (χ2v) is 5.70. The van der Waals surface area contributed by atoms with Crippen LogP contribution >= 0.6 is 0 Å².